The first-order valence-corrected chi connectivity index (χ1v) is 32.7. The number of allylic oxidation sites excluding steroid dienone is 16. The summed E-state index contributed by atoms with van der Waals surface area (Å²) in [4.78, 5) is 38.0. The van der Waals surface area contributed by atoms with Crippen LogP contribution in [0.1, 0.15) is 316 Å². The molecule has 0 fully saturated rings. The second-order valence-electron chi connectivity index (χ2n) is 21.7. The third-order valence-electron chi connectivity index (χ3n) is 14.1. The Hall–Kier alpha value is -3.67. The van der Waals surface area contributed by atoms with Crippen LogP contribution in [0.15, 0.2) is 97.2 Å². The van der Waals surface area contributed by atoms with Gasteiger partial charge in [-0.2, -0.15) is 0 Å². The molecule has 0 N–H and O–H groups in total. The van der Waals surface area contributed by atoms with Gasteiger partial charge in [-0.25, -0.2) is 0 Å². The predicted molar refractivity (Wildman–Crippen MR) is 334 cm³/mol. The van der Waals surface area contributed by atoms with Gasteiger partial charge in [-0.3, -0.25) is 14.4 Å². The number of ether oxygens (including phenoxy) is 3. The van der Waals surface area contributed by atoms with Crippen LogP contribution in [-0.2, 0) is 28.6 Å². The van der Waals surface area contributed by atoms with Crippen molar-refractivity contribution in [1.29, 1.82) is 0 Å². The second-order valence-corrected chi connectivity index (χ2v) is 21.7. The maximum atomic E-state index is 12.8. The first-order chi connectivity index (χ1) is 38.0. The molecule has 0 saturated carbocycles. The van der Waals surface area contributed by atoms with Crippen LogP contribution >= 0.6 is 0 Å². The van der Waals surface area contributed by atoms with Crippen LogP contribution in [0.4, 0.5) is 0 Å². The van der Waals surface area contributed by atoms with E-state index < -0.39 is 6.10 Å². The number of rotatable bonds is 59. The lowest BCUT2D eigenvalue weighted by Crippen LogP contribution is -2.30. The van der Waals surface area contributed by atoms with E-state index in [9.17, 15) is 14.4 Å². The van der Waals surface area contributed by atoms with Gasteiger partial charge in [-0.05, 0) is 83.5 Å². The molecule has 0 aliphatic carbocycles. The Morgan fingerprint density at radius 2 is 0.506 bits per heavy atom. The Labute approximate surface area is 477 Å². The molecule has 0 aliphatic rings. The number of hydrogen-bond donors (Lipinski definition) is 0. The van der Waals surface area contributed by atoms with Crippen molar-refractivity contribution in [3.05, 3.63) is 97.2 Å². The maximum absolute atomic E-state index is 12.8. The van der Waals surface area contributed by atoms with Gasteiger partial charge in [0.05, 0.1) is 0 Å². The highest BCUT2D eigenvalue weighted by Gasteiger charge is 2.19. The Bertz CT molecular complexity index is 1510. The lowest BCUT2D eigenvalue weighted by Gasteiger charge is -2.18. The SMILES string of the molecule is CC/C=C\C/C=C\C/C=C\C/C=C\C/C=C\C/C=C\C/C=C\C/C=C\CCCCCCCCCCCCC(=O)OCC(COC(=O)CCCCCCCC)OC(=O)CCCCCCCCCCCCCCCCCCCC. The third kappa shape index (κ3) is 63.0. The number of esters is 3. The maximum Gasteiger partial charge on any atom is 0.306 e. The number of carbonyl (C=O) groups excluding carboxylic acids is 3. The standard InChI is InChI=1S/C71H122O6/c1-4-7-10-13-16-18-20-22-24-26-28-29-30-31-32-33-34-35-36-37-38-39-40-41-42-43-44-46-47-49-51-53-55-58-61-64-70(73)76-67-68(66-75-69(72)63-60-57-15-12-9-6-3)77-71(74)65-62-59-56-54-52-50-48-45-27-25-23-21-19-17-14-11-8-5-2/h7,10,16,18,22,24,28-29,31-32,34-35,37-38,40-41,68H,4-6,8-9,11-15,17,19-21,23,25-27,30,33,36,39,42-67H2,1-3H3/b10-7-,18-16-,24-22-,29-28-,32-31-,35-34-,38-37-,41-40-. The number of unbranched alkanes of at least 4 members (excludes halogenated alkanes) is 32. The van der Waals surface area contributed by atoms with E-state index in [4.69, 9.17) is 14.2 Å². The van der Waals surface area contributed by atoms with Gasteiger partial charge >= 0.3 is 17.9 Å². The van der Waals surface area contributed by atoms with E-state index in [1.54, 1.807) is 0 Å². The average Bonchev–Trinajstić information content (AvgIpc) is 3.43. The van der Waals surface area contributed by atoms with Gasteiger partial charge in [-0.1, -0.05) is 311 Å². The molecule has 0 aromatic carbocycles. The molecule has 77 heavy (non-hydrogen) atoms. The molecule has 0 heterocycles. The molecule has 6 nitrogen and oxygen atoms in total. The highest BCUT2D eigenvalue weighted by Crippen LogP contribution is 2.17. The van der Waals surface area contributed by atoms with Gasteiger partial charge < -0.3 is 14.2 Å². The Morgan fingerprint density at radius 3 is 0.792 bits per heavy atom. The molecular weight excluding hydrogens is 949 g/mol. The van der Waals surface area contributed by atoms with E-state index in [1.165, 1.54) is 167 Å². The van der Waals surface area contributed by atoms with Crippen molar-refractivity contribution in [2.24, 2.45) is 0 Å². The van der Waals surface area contributed by atoms with Gasteiger partial charge in [0.1, 0.15) is 13.2 Å². The molecule has 0 rings (SSSR count). The van der Waals surface area contributed by atoms with E-state index in [0.717, 1.165) is 109 Å². The highest BCUT2D eigenvalue weighted by atomic mass is 16.6. The van der Waals surface area contributed by atoms with Crippen LogP contribution in [0, 0.1) is 0 Å². The molecule has 1 unspecified atom stereocenters. The minimum Gasteiger partial charge on any atom is -0.462 e. The molecule has 6 heteroatoms. The summed E-state index contributed by atoms with van der Waals surface area (Å²) in [5, 5.41) is 0. The van der Waals surface area contributed by atoms with Crippen molar-refractivity contribution in [2.75, 3.05) is 13.2 Å². The molecule has 0 aromatic rings. The quantitative estimate of drug-likeness (QED) is 0.0261. The highest BCUT2D eigenvalue weighted by molar-refractivity contribution is 5.71. The fourth-order valence-corrected chi connectivity index (χ4v) is 9.23. The fourth-order valence-electron chi connectivity index (χ4n) is 9.23. The fraction of sp³-hybridized carbons (Fsp3) is 0.732. The monoisotopic (exact) mass is 1070 g/mol. The molecule has 1 atom stereocenters. The molecule has 0 amide bonds. The van der Waals surface area contributed by atoms with E-state index in [-0.39, 0.29) is 31.1 Å². The summed E-state index contributed by atoms with van der Waals surface area (Å²) >= 11 is 0. The largest absolute Gasteiger partial charge is 0.462 e. The Kier molecular flexibility index (Phi) is 61.8. The van der Waals surface area contributed by atoms with Gasteiger partial charge in [0.25, 0.3) is 0 Å². The number of carbonyl (C=O) groups is 3. The molecular formula is C71H122O6. The van der Waals surface area contributed by atoms with Crippen LogP contribution in [0.5, 0.6) is 0 Å². The van der Waals surface area contributed by atoms with E-state index >= 15 is 0 Å². The molecule has 0 spiro atoms. The summed E-state index contributed by atoms with van der Waals surface area (Å²) < 4.78 is 16.8. The molecule has 0 bridgehead atoms. The van der Waals surface area contributed by atoms with Crippen molar-refractivity contribution in [3.63, 3.8) is 0 Å². The molecule has 0 saturated heterocycles. The molecule has 0 radical (unpaired) electrons. The summed E-state index contributed by atoms with van der Waals surface area (Å²) in [7, 11) is 0. The summed E-state index contributed by atoms with van der Waals surface area (Å²) in [6.45, 7) is 6.49. The van der Waals surface area contributed by atoms with Crippen molar-refractivity contribution >= 4 is 17.9 Å². The molecule has 0 aromatic heterocycles. The van der Waals surface area contributed by atoms with Gasteiger partial charge in [0, 0.05) is 19.3 Å². The van der Waals surface area contributed by atoms with Crippen LogP contribution in [0.2, 0.25) is 0 Å². The smallest absolute Gasteiger partial charge is 0.306 e. The topological polar surface area (TPSA) is 78.9 Å². The summed E-state index contributed by atoms with van der Waals surface area (Å²) in [6.07, 6.45) is 87.4. The van der Waals surface area contributed by atoms with Crippen LogP contribution in [0.25, 0.3) is 0 Å². The third-order valence-corrected chi connectivity index (χ3v) is 14.1. The first kappa shape index (κ1) is 73.3. The van der Waals surface area contributed by atoms with E-state index in [2.05, 4.69) is 118 Å². The number of hydrogen-bond acceptors (Lipinski definition) is 6. The molecule has 0 aliphatic heterocycles. The van der Waals surface area contributed by atoms with Gasteiger partial charge in [-0.15, -0.1) is 0 Å². The lowest BCUT2D eigenvalue weighted by atomic mass is 10.0. The predicted octanol–water partition coefficient (Wildman–Crippen LogP) is 22.4. The van der Waals surface area contributed by atoms with Crippen molar-refractivity contribution in [1.82, 2.24) is 0 Å². The van der Waals surface area contributed by atoms with E-state index in [0.29, 0.717) is 19.3 Å². The molecule has 442 valence electrons. The van der Waals surface area contributed by atoms with Crippen molar-refractivity contribution < 1.29 is 28.6 Å². The Balaban J connectivity index is 4.05. The zero-order valence-corrected chi connectivity index (χ0v) is 50.7. The second kappa shape index (κ2) is 64.9. The van der Waals surface area contributed by atoms with Crippen LogP contribution < -0.4 is 0 Å². The first-order valence-electron chi connectivity index (χ1n) is 32.7. The minimum atomic E-state index is -0.773. The van der Waals surface area contributed by atoms with Gasteiger partial charge in [0.15, 0.2) is 6.10 Å². The van der Waals surface area contributed by atoms with Crippen LogP contribution in [-0.4, -0.2) is 37.2 Å². The van der Waals surface area contributed by atoms with Crippen molar-refractivity contribution in [3.8, 4) is 0 Å². The summed E-state index contributed by atoms with van der Waals surface area (Å²) in [6, 6.07) is 0. The van der Waals surface area contributed by atoms with Crippen LogP contribution in [0.3, 0.4) is 0 Å². The van der Waals surface area contributed by atoms with E-state index in [1.807, 2.05) is 0 Å². The Morgan fingerprint density at radius 1 is 0.273 bits per heavy atom. The summed E-state index contributed by atoms with van der Waals surface area (Å²) in [5.74, 6) is -0.876. The average molecular weight is 1070 g/mol. The zero-order chi connectivity index (χ0) is 55.7. The normalized spacial score (nSPS) is 12.7. The van der Waals surface area contributed by atoms with Gasteiger partial charge in [0.2, 0.25) is 0 Å². The minimum absolute atomic E-state index is 0.0744. The van der Waals surface area contributed by atoms with Crippen molar-refractivity contribution in [2.45, 2.75) is 322 Å². The lowest BCUT2D eigenvalue weighted by molar-refractivity contribution is -0.167. The summed E-state index contributed by atoms with van der Waals surface area (Å²) in [5.41, 5.74) is 0. The zero-order valence-electron chi connectivity index (χ0n) is 50.7.